The Morgan fingerprint density at radius 3 is 2.48 bits per heavy atom. The smallest absolute Gasteiger partial charge is 0.325 e. The number of hydrogen-bond donors (Lipinski definition) is 1. The zero-order valence-corrected chi connectivity index (χ0v) is 19.7. The number of anilines is 1. The second-order valence-electron chi connectivity index (χ2n) is 7.90. The van der Waals surface area contributed by atoms with Gasteiger partial charge in [0.1, 0.15) is 5.03 Å². The number of rotatable bonds is 5. The van der Waals surface area contributed by atoms with E-state index < -0.39 is 0 Å². The Balaban J connectivity index is 1.51. The van der Waals surface area contributed by atoms with Gasteiger partial charge in [0.25, 0.3) is 0 Å². The summed E-state index contributed by atoms with van der Waals surface area (Å²) < 4.78 is 1.79. The van der Waals surface area contributed by atoms with E-state index in [0.717, 1.165) is 63.1 Å². The number of nitrogens with zero attached hydrogens (tertiary/aromatic N) is 4. The van der Waals surface area contributed by atoms with E-state index in [1.807, 2.05) is 0 Å². The predicted octanol–water partition coefficient (Wildman–Crippen LogP) is 3.04. The zero-order valence-electron chi connectivity index (χ0n) is 17.4. The van der Waals surface area contributed by atoms with Crippen LogP contribution in [-0.2, 0) is 17.6 Å². The molecule has 1 aromatic heterocycles. The Hall–Kier alpha value is -1.74. The summed E-state index contributed by atoms with van der Waals surface area (Å²) in [6.45, 7) is 3.46. The number of piperazine rings is 1. The Bertz CT molecular complexity index is 1020. The van der Waals surface area contributed by atoms with E-state index in [0.29, 0.717) is 20.8 Å². The lowest BCUT2D eigenvalue weighted by atomic mass is 9.97. The minimum absolute atomic E-state index is 0.154. The average Bonchev–Trinajstić information content (AvgIpc) is 2.72. The fourth-order valence-electron chi connectivity index (χ4n) is 4.03. The van der Waals surface area contributed by atoms with Crippen molar-refractivity contribution in [2.24, 2.45) is 0 Å². The van der Waals surface area contributed by atoms with Crippen LogP contribution in [0.25, 0.3) is 0 Å². The molecule has 0 bridgehead atoms. The van der Waals surface area contributed by atoms with Crippen LogP contribution in [0.2, 0.25) is 10.0 Å². The van der Waals surface area contributed by atoms with Crippen molar-refractivity contribution < 1.29 is 4.79 Å². The van der Waals surface area contributed by atoms with E-state index in [-0.39, 0.29) is 17.3 Å². The number of carbonyl (C=O) groups is 1. The number of amides is 1. The van der Waals surface area contributed by atoms with Gasteiger partial charge in [-0.3, -0.25) is 4.79 Å². The van der Waals surface area contributed by atoms with Crippen molar-refractivity contribution >= 4 is 46.6 Å². The van der Waals surface area contributed by atoms with E-state index in [1.165, 1.54) is 11.8 Å². The van der Waals surface area contributed by atoms with Crippen LogP contribution in [0.15, 0.2) is 28.0 Å². The van der Waals surface area contributed by atoms with Crippen LogP contribution >= 0.6 is 35.0 Å². The molecule has 0 unspecified atom stereocenters. The molecule has 2 heterocycles. The van der Waals surface area contributed by atoms with Crippen LogP contribution in [-0.4, -0.2) is 59.4 Å². The van der Waals surface area contributed by atoms with Gasteiger partial charge in [0.05, 0.1) is 11.4 Å². The largest absolute Gasteiger partial charge is 0.367 e. The monoisotopic (exact) mass is 481 g/mol. The number of hydrogen-bond acceptors (Lipinski definition) is 6. The number of likely N-dealkylation sites (N-methyl/N-ethyl adjacent to an activating group) is 1. The normalized spacial score (nSPS) is 16.8. The minimum atomic E-state index is -0.255. The van der Waals surface area contributed by atoms with Crippen LogP contribution < -0.4 is 16.0 Å². The van der Waals surface area contributed by atoms with Crippen LogP contribution in [0.1, 0.15) is 24.1 Å². The van der Waals surface area contributed by atoms with Crippen LogP contribution in [0.5, 0.6) is 0 Å². The number of nitrogens with one attached hydrogen (secondary N) is 1. The van der Waals surface area contributed by atoms with Gasteiger partial charge in [-0.2, -0.15) is 4.98 Å². The molecule has 10 heteroatoms. The van der Waals surface area contributed by atoms with E-state index in [4.69, 9.17) is 23.2 Å². The van der Waals surface area contributed by atoms with E-state index in [9.17, 15) is 9.59 Å². The van der Waals surface area contributed by atoms with E-state index in [1.54, 1.807) is 22.9 Å². The summed E-state index contributed by atoms with van der Waals surface area (Å²) in [6, 6.07) is 4.90. The van der Waals surface area contributed by atoms with Gasteiger partial charge in [-0.05, 0) is 50.9 Å². The van der Waals surface area contributed by atoms with E-state index >= 15 is 0 Å². The van der Waals surface area contributed by atoms with Crippen molar-refractivity contribution in [3.05, 3.63) is 50.0 Å². The Morgan fingerprint density at radius 2 is 1.77 bits per heavy atom. The Labute approximate surface area is 195 Å². The molecule has 0 radical (unpaired) electrons. The summed E-state index contributed by atoms with van der Waals surface area (Å²) in [7, 11) is 2.09. The van der Waals surface area contributed by atoms with Crippen molar-refractivity contribution in [2.45, 2.75) is 30.7 Å². The number of fused-ring (bicyclic) bond motifs is 1. The standard InChI is InChI=1S/C21H25Cl2N5O2S/c1-26-6-8-27(9-7-26)28-18-5-3-2-4-17(18)20(25-21(28)30)31-13-19(29)24-16-11-14(22)10-15(23)12-16/h10-12H,2-9,13H2,1H3,(H,24,29). The highest BCUT2D eigenvalue weighted by Crippen LogP contribution is 2.29. The first-order chi connectivity index (χ1) is 14.9. The molecule has 31 heavy (non-hydrogen) atoms. The van der Waals surface area contributed by atoms with Gasteiger partial charge in [0.15, 0.2) is 0 Å². The van der Waals surface area contributed by atoms with Crippen LogP contribution in [0.3, 0.4) is 0 Å². The summed E-state index contributed by atoms with van der Waals surface area (Å²) in [5.74, 6) is -0.0421. The zero-order chi connectivity index (χ0) is 22.0. The number of aromatic nitrogens is 2. The van der Waals surface area contributed by atoms with Crippen molar-refractivity contribution in [1.29, 1.82) is 0 Å². The SMILES string of the molecule is CN1CCN(n2c3c(c(SCC(=O)Nc4cc(Cl)cc(Cl)c4)nc2=O)CCCC3)CC1. The molecule has 4 rings (SSSR count). The molecular weight excluding hydrogens is 457 g/mol. The van der Waals surface area contributed by atoms with Crippen molar-refractivity contribution in [1.82, 2.24) is 14.6 Å². The highest BCUT2D eigenvalue weighted by molar-refractivity contribution is 8.00. The molecule has 1 aliphatic carbocycles. The third kappa shape index (κ3) is 5.37. The lowest BCUT2D eigenvalue weighted by molar-refractivity contribution is -0.113. The van der Waals surface area contributed by atoms with Crippen LogP contribution in [0.4, 0.5) is 5.69 Å². The number of benzene rings is 1. The summed E-state index contributed by atoms with van der Waals surface area (Å²) in [5, 5.41) is 6.50. The Morgan fingerprint density at radius 1 is 1.10 bits per heavy atom. The molecule has 0 spiro atoms. The summed E-state index contributed by atoms with van der Waals surface area (Å²) in [4.78, 5) is 32.1. The van der Waals surface area contributed by atoms with Gasteiger partial charge in [-0.15, -0.1) is 0 Å². The van der Waals surface area contributed by atoms with Gasteiger partial charge in [0, 0.05) is 47.5 Å². The molecule has 2 aliphatic rings. The first-order valence-corrected chi connectivity index (χ1v) is 12.1. The number of carbonyl (C=O) groups excluding carboxylic acids is 1. The van der Waals surface area contributed by atoms with E-state index in [2.05, 4.69) is 27.3 Å². The first kappa shape index (κ1) is 22.5. The molecule has 1 aromatic carbocycles. The molecule has 1 amide bonds. The maximum atomic E-state index is 13.0. The lowest BCUT2D eigenvalue weighted by Gasteiger charge is -2.37. The van der Waals surface area contributed by atoms with Crippen LogP contribution in [0, 0.1) is 0 Å². The second kappa shape index (κ2) is 9.81. The number of thioether (sulfide) groups is 1. The van der Waals surface area contributed by atoms with Gasteiger partial charge in [-0.25, -0.2) is 9.47 Å². The summed E-state index contributed by atoms with van der Waals surface area (Å²) in [5.41, 5.74) is 2.45. The summed E-state index contributed by atoms with van der Waals surface area (Å²) >= 11 is 13.3. The molecular formula is C21H25Cl2N5O2S. The Kier molecular flexibility index (Phi) is 7.11. The molecule has 1 saturated heterocycles. The second-order valence-corrected chi connectivity index (χ2v) is 9.73. The quantitative estimate of drug-likeness (QED) is 0.522. The topological polar surface area (TPSA) is 70.5 Å². The molecule has 7 nitrogen and oxygen atoms in total. The molecule has 166 valence electrons. The molecule has 2 aromatic rings. The average molecular weight is 482 g/mol. The maximum Gasteiger partial charge on any atom is 0.367 e. The van der Waals surface area contributed by atoms with Crippen molar-refractivity contribution in [3.8, 4) is 0 Å². The minimum Gasteiger partial charge on any atom is -0.325 e. The molecule has 1 fully saturated rings. The highest BCUT2D eigenvalue weighted by Gasteiger charge is 2.25. The van der Waals surface area contributed by atoms with Gasteiger partial charge in [-0.1, -0.05) is 35.0 Å². The lowest BCUT2D eigenvalue weighted by Crippen LogP contribution is -2.54. The summed E-state index contributed by atoms with van der Waals surface area (Å²) in [6.07, 6.45) is 3.87. The van der Waals surface area contributed by atoms with Gasteiger partial charge < -0.3 is 15.2 Å². The fraction of sp³-hybridized carbons (Fsp3) is 0.476. The third-order valence-corrected chi connectivity index (χ3v) is 7.03. The first-order valence-electron chi connectivity index (χ1n) is 10.4. The third-order valence-electron chi connectivity index (χ3n) is 5.58. The van der Waals surface area contributed by atoms with Gasteiger partial charge in [0.2, 0.25) is 5.91 Å². The van der Waals surface area contributed by atoms with Crippen molar-refractivity contribution in [2.75, 3.05) is 49.3 Å². The highest BCUT2D eigenvalue weighted by atomic mass is 35.5. The molecule has 1 aliphatic heterocycles. The predicted molar refractivity (Wildman–Crippen MR) is 126 cm³/mol. The molecule has 0 saturated carbocycles. The van der Waals surface area contributed by atoms with Crippen molar-refractivity contribution in [3.63, 3.8) is 0 Å². The van der Waals surface area contributed by atoms with Gasteiger partial charge >= 0.3 is 5.69 Å². The molecule has 1 N–H and O–H groups in total. The number of halogens is 2. The fourth-order valence-corrected chi connectivity index (χ4v) is 5.44. The molecule has 0 atom stereocenters. The maximum absolute atomic E-state index is 13.0.